The first-order chi connectivity index (χ1) is 11.3. The number of phenolic OH excluding ortho intramolecular Hbond substituents is 1. The highest BCUT2D eigenvalue weighted by Gasteiger charge is 2.18. The van der Waals surface area contributed by atoms with E-state index in [1.54, 1.807) is 26.8 Å². The minimum absolute atomic E-state index is 0.00953. The average molecular weight is 332 g/mol. The van der Waals surface area contributed by atoms with Gasteiger partial charge in [0, 0.05) is 10.9 Å². The molecule has 2 N–H and O–H groups in total. The van der Waals surface area contributed by atoms with Gasteiger partial charge in [-0.3, -0.25) is 4.79 Å². The van der Waals surface area contributed by atoms with Crippen molar-refractivity contribution in [1.82, 2.24) is 5.32 Å². The Balaban J connectivity index is 2.40. The fourth-order valence-corrected chi connectivity index (χ4v) is 2.52. The summed E-state index contributed by atoms with van der Waals surface area (Å²) in [5, 5.41) is 23.5. The Morgan fingerprint density at radius 3 is 2.54 bits per heavy atom. The van der Waals surface area contributed by atoms with E-state index < -0.39 is 23.5 Å². The van der Waals surface area contributed by atoms with Gasteiger partial charge in [0.15, 0.2) is 0 Å². The van der Waals surface area contributed by atoms with Crippen LogP contribution < -0.4 is 16.0 Å². The van der Waals surface area contributed by atoms with Crippen LogP contribution in [0.25, 0.3) is 11.0 Å². The van der Waals surface area contributed by atoms with Crippen molar-refractivity contribution in [2.45, 2.75) is 39.7 Å². The molecular formula is C17H18NO6-. The zero-order valence-corrected chi connectivity index (χ0v) is 13.6. The molecule has 1 amide bonds. The third kappa shape index (κ3) is 3.24. The summed E-state index contributed by atoms with van der Waals surface area (Å²) < 4.78 is 5.24. The molecule has 1 heterocycles. The lowest BCUT2D eigenvalue weighted by Crippen LogP contribution is -2.48. The van der Waals surface area contributed by atoms with E-state index in [-0.39, 0.29) is 29.7 Å². The van der Waals surface area contributed by atoms with Gasteiger partial charge in [0.05, 0.1) is 24.0 Å². The highest BCUT2D eigenvalue weighted by Crippen LogP contribution is 2.28. The number of fused-ring (bicyclic) bond motifs is 1. The molecule has 0 saturated heterocycles. The lowest BCUT2D eigenvalue weighted by molar-refractivity contribution is -0.308. The van der Waals surface area contributed by atoms with Crippen LogP contribution in [0.15, 0.2) is 21.3 Å². The molecule has 2 aromatic rings. The Labute approximate surface area is 137 Å². The zero-order chi connectivity index (χ0) is 18.0. The molecule has 24 heavy (non-hydrogen) atoms. The molecule has 0 unspecified atom stereocenters. The number of carbonyl (C=O) groups is 2. The molecule has 7 nitrogen and oxygen atoms in total. The number of carboxylic acid groups (broad SMARTS) is 1. The number of hydrogen-bond donors (Lipinski definition) is 2. The summed E-state index contributed by atoms with van der Waals surface area (Å²) in [6.45, 7) is 4.90. The number of phenols is 1. The molecule has 0 spiro atoms. The molecule has 0 saturated carbocycles. The Bertz CT molecular complexity index is 867. The van der Waals surface area contributed by atoms with Gasteiger partial charge in [-0.25, -0.2) is 4.79 Å². The number of aryl methyl sites for hydroxylation is 2. The number of hydrogen-bond acceptors (Lipinski definition) is 6. The van der Waals surface area contributed by atoms with Gasteiger partial charge in [0.2, 0.25) is 5.91 Å². The first kappa shape index (κ1) is 17.5. The van der Waals surface area contributed by atoms with Crippen molar-refractivity contribution in [2.24, 2.45) is 0 Å². The fourth-order valence-electron chi connectivity index (χ4n) is 2.52. The van der Waals surface area contributed by atoms with Crippen LogP contribution >= 0.6 is 0 Å². The molecule has 0 aliphatic carbocycles. The topological polar surface area (TPSA) is 120 Å². The summed E-state index contributed by atoms with van der Waals surface area (Å²) >= 11 is 0. The van der Waals surface area contributed by atoms with Crippen LogP contribution in [0, 0.1) is 13.8 Å². The minimum Gasteiger partial charge on any atom is -0.548 e. The van der Waals surface area contributed by atoms with E-state index in [2.05, 4.69) is 5.32 Å². The SMILES string of the molecule is CC[C@@H](NC(=O)Cc1c(C)c2ccc(O)c(C)c2oc1=O)C(=O)[O-]. The summed E-state index contributed by atoms with van der Waals surface area (Å²) in [5.74, 6) is -1.97. The van der Waals surface area contributed by atoms with Gasteiger partial charge >= 0.3 is 5.63 Å². The van der Waals surface area contributed by atoms with Crippen LogP contribution in [0.3, 0.4) is 0 Å². The van der Waals surface area contributed by atoms with Gasteiger partial charge < -0.3 is 24.7 Å². The minimum atomic E-state index is -1.38. The molecule has 1 aromatic heterocycles. The molecule has 0 bridgehead atoms. The quantitative estimate of drug-likeness (QED) is 0.760. The third-order valence-corrected chi connectivity index (χ3v) is 4.04. The van der Waals surface area contributed by atoms with Crippen molar-refractivity contribution in [3.05, 3.63) is 39.2 Å². The summed E-state index contributed by atoms with van der Waals surface area (Å²) in [6, 6.07) is 1.98. The first-order valence-electron chi connectivity index (χ1n) is 7.51. The number of amides is 1. The van der Waals surface area contributed by atoms with Crippen molar-refractivity contribution in [1.29, 1.82) is 0 Å². The van der Waals surface area contributed by atoms with E-state index in [9.17, 15) is 24.6 Å². The van der Waals surface area contributed by atoms with Gasteiger partial charge in [0.1, 0.15) is 11.3 Å². The van der Waals surface area contributed by atoms with E-state index >= 15 is 0 Å². The van der Waals surface area contributed by atoms with Gasteiger partial charge in [-0.05, 0) is 38.0 Å². The van der Waals surface area contributed by atoms with Gasteiger partial charge in [-0.15, -0.1) is 0 Å². The highest BCUT2D eigenvalue weighted by atomic mass is 16.4. The van der Waals surface area contributed by atoms with E-state index in [0.717, 1.165) is 0 Å². The molecule has 0 aliphatic heterocycles. The Kier molecular flexibility index (Phi) is 4.92. The van der Waals surface area contributed by atoms with Gasteiger partial charge in [0.25, 0.3) is 0 Å². The largest absolute Gasteiger partial charge is 0.548 e. The van der Waals surface area contributed by atoms with Crippen LogP contribution in [0.5, 0.6) is 5.75 Å². The maximum absolute atomic E-state index is 12.2. The predicted octanol–water partition coefficient (Wildman–Crippen LogP) is 0.303. The standard InChI is InChI=1S/C17H19NO6/c1-4-12(16(21)22)18-14(20)7-11-8(2)10-5-6-13(19)9(3)15(10)24-17(11)23/h5-6,12,19H,4,7H2,1-3H3,(H,18,20)(H,21,22)/p-1/t12-/m1/s1. The van der Waals surface area contributed by atoms with Crippen molar-refractivity contribution in [2.75, 3.05) is 0 Å². The van der Waals surface area contributed by atoms with Crippen LogP contribution in [0.1, 0.15) is 30.0 Å². The van der Waals surface area contributed by atoms with E-state index in [4.69, 9.17) is 4.42 Å². The maximum atomic E-state index is 12.2. The fraction of sp³-hybridized carbons (Fsp3) is 0.353. The molecule has 0 radical (unpaired) electrons. The van der Waals surface area contributed by atoms with Crippen molar-refractivity contribution >= 4 is 22.8 Å². The number of benzene rings is 1. The lowest BCUT2D eigenvalue weighted by atomic mass is 10.0. The van der Waals surface area contributed by atoms with Crippen LogP contribution in [-0.2, 0) is 16.0 Å². The van der Waals surface area contributed by atoms with E-state index in [1.165, 1.54) is 6.07 Å². The van der Waals surface area contributed by atoms with Crippen LogP contribution in [0.4, 0.5) is 0 Å². The first-order valence-corrected chi connectivity index (χ1v) is 7.51. The average Bonchev–Trinajstić information content (AvgIpc) is 2.52. The predicted molar refractivity (Wildman–Crippen MR) is 84.6 cm³/mol. The van der Waals surface area contributed by atoms with Crippen molar-refractivity contribution < 1.29 is 24.2 Å². The number of aromatic hydroxyl groups is 1. The van der Waals surface area contributed by atoms with Crippen LogP contribution in [-0.4, -0.2) is 23.0 Å². The number of rotatable bonds is 5. The summed E-state index contributed by atoms with van der Waals surface area (Å²) in [4.78, 5) is 35.1. The number of carbonyl (C=O) groups excluding carboxylic acids is 2. The second-order valence-corrected chi connectivity index (χ2v) is 5.60. The third-order valence-electron chi connectivity index (χ3n) is 4.04. The second kappa shape index (κ2) is 6.74. The number of nitrogens with one attached hydrogen (secondary N) is 1. The van der Waals surface area contributed by atoms with Gasteiger partial charge in [-0.1, -0.05) is 6.92 Å². The molecule has 1 atom stereocenters. The summed E-state index contributed by atoms with van der Waals surface area (Å²) in [7, 11) is 0. The molecule has 128 valence electrons. The maximum Gasteiger partial charge on any atom is 0.340 e. The summed E-state index contributed by atoms with van der Waals surface area (Å²) in [6.07, 6.45) is -0.119. The van der Waals surface area contributed by atoms with Crippen molar-refractivity contribution in [3.8, 4) is 5.75 Å². The molecule has 0 fully saturated rings. The molecule has 1 aromatic carbocycles. The Hall–Kier alpha value is -2.83. The summed E-state index contributed by atoms with van der Waals surface area (Å²) in [5.41, 5.74) is 0.721. The van der Waals surface area contributed by atoms with E-state index in [1.807, 2.05) is 0 Å². The Morgan fingerprint density at radius 2 is 1.96 bits per heavy atom. The van der Waals surface area contributed by atoms with E-state index in [0.29, 0.717) is 16.5 Å². The second-order valence-electron chi connectivity index (χ2n) is 5.60. The molecular weight excluding hydrogens is 314 g/mol. The molecule has 0 aliphatic rings. The zero-order valence-electron chi connectivity index (χ0n) is 13.6. The highest BCUT2D eigenvalue weighted by molar-refractivity contribution is 5.88. The number of carboxylic acids is 1. The van der Waals surface area contributed by atoms with Gasteiger partial charge in [-0.2, -0.15) is 0 Å². The molecule has 2 rings (SSSR count). The van der Waals surface area contributed by atoms with Crippen LogP contribution in [0.2, 0.25) is 0 Å². The Morgan fingerprint density at radius 1 is 1.29 bits per heavy atom. The van der Waals surface area contributed by atoms with Crippen molar-refractivity contribution in [3.63, 3.8) is 0 Å². The number of aliphatic carboxylic acids is 1. The monoisotopic (exact) mass is 332 g/mol. The smallest absolute Gasteiger partial charge is 0.340 e. The lowest BCUT2D eigenvalue weighted by Gasteiger charge is -2.18. The molecule has 7 heteroatoms. The normalized spacial score (nSPS) is 12.1.